The lowest BCUT2D eigenvalue weighted by Gasteiger charge is -2.14. The third-order valence-electron chi connectivity index (χ3n) is 2.66. The van der Waals surface area contributed by atoms with Crippen molar-refractivity contribution in [2.45, 2.75) is 36.7 Å². The molecule has 2 rings (SSSR count). The monoisotopic (exact) mass is 292 g/mol. The van der Waals surface area contributed by atoms with Crippen LogP contribution in [0.3, 0.4) is 0 Å². The Hall–Kier alpha value is -1.89. The first-order chi connectivity index (χ1) is 9.70. The maximum absolute atomic E-state index is 11.1. The number of carbonyl (C=O) groups is 1. The molecule has 2 aromatic heterocycles. The van der Waals surface area contributed by atoms with Crippen molar-refractivity contribution in [2.75, 3.05) is 0 Å². The number of aliphatic carboxylic acids is 1. The van der Waals surface area contributed by atoms with E-state index in [1.165, 1.54) is 0 Å². The molecule has 106 valence electrons. The summed E-state index contributed by atoms with van der Waals surface area (Å²) in [7, 11) is 0. The summed E-state index contributed by atoms with van der Waals surface area (Å²) in [6.07, 6.45) is 5.51. The van der Waals surface area contributed by atoms with E-state index in [1.54, 1.807) is 24.5 Å². The second-order valence-corrected chi connectivity index (χ2v) is 5.33. The smallest absolute Gasteiger partial charge is 0.277 e. The van der Waals surface area contributed by atoms with Crippen LogP contribution in [-0.4, -0.2) is 26.4 Å². The normalized spacial score (nSPS) is 12.2. The second kappa shape index (κ2) is 7.04. The molecule has 0 aliphatic carbocycles. The summed E-state index contributed by atoms with van der Waals surface area (Å²) in [5.74, 6) is -0.755. The van der Waals surface area contributed by atoms with E-state index in [9.17, 15) is 9.90 Å². The molecular weight excluding hydrogens is 278 g/mol. The van der Waals surface area contributed by atoms with Crippen LogP contribution in [0.1, 0.15) is 26.2 Å². The molecule has 20 heavy (non-hydrogen) atoms. The van der Waals surface area contributed by atoms with Gasteiger partial charge in [-0.3, -0.25) is 4.98 Å². The highest BCUT2D eigenvalue weighted by Crippen LogP contribution is 2.28. The molecule has 2 aromatic rings. The van der Waals surface area contributed by atoms with Gasteiger partial charge in [0.05, 0.1) is 11.2 Å². The topological polar surface area (TPSA) is 91.9 Å². The van der Waals surface area contributed by atoms with Gasteiger partial charge in [-0.15, -0.1) is 10.2 Å². The van der Waals surface area contributed by atoms with E-state index in [2.05, 4.69) is 15.2 Å². The highest BCUT2D eigenvalue weighted by Gasteiger charge is 2.16. The van der Waals surface area contributed by atoms with Crippen LogP contribution in [0.25, 0.3) is 11.5 Å². The molecule has 2 heterocycles. The number of unbranched alkanes of at least 4 members (excludes halogenated alkanes) is 1. The second-order valence-electron chi connectivity index (χ2n) is 4.18. The lowest BCUT2D eigenvalue weighted by molar-refractivity contribution is -0.304. The van der Waals surface area contributed by atoms with E-state index in [1.807, 2.05) is 6.92 Å². The van der Waals surface area contributed by atoms with E-state index in [4.69, 9.17) is 4.42 Å². The van der Waals surface area contributed by atoms with Crippen molar-refractivity contribution in [3.63, 3.8) is 0 Å². The molecule has 0 saturated heterocycles. The fourth-order valence-electron chi connectivity index (χ4n) is 1.60. The van der Waals surface area contributed by atoms with Crippen LogP contribution in [0, 0.1) is 0 Å². The first kappa shape index (κ1) is 14.5. The number of carboxylic acids is 1. The Kier molecular flexibility index (Phi) is 5.11. The van der Waals surface area contributed by atoms with Gasteiger partial charge in [-0.2, -0.15) is 0 Å². The van der Waals surface area contributed by atoms with Crippen LogP contribution in [-0.2, 0) is 4.79 Å². The van der Waals surface area contributed by atoms with Crippen molar-refractivity contribution < 1.29 is 14.3 Å². The van der Waals surface area contributed by atoms with Gasteiger partial charge in [-0.05, 0) is 18.6 Å². The fraction of sp³-hybridized carbons (Fsp3) is 0.385. The Morgan fingerprint density at radius 1 is 1.40 bits per heavy atom. The summed E-state index contributed by atoms with van der Waals surface area (Å²) in [6, 6.07) is 3.49. The lowest BCUT2D eigenvalue weighted by atomic mass is 10.2. The first-order valence-electron chi connectivity index (χ1n) is 6.32. The zero-order valence-electron chi connectivity index (χ0n) is 11.0. The van der Waals surface area contributed by atoms with Gasteiger partial charge in [0, 0.05) is 18.0 Å². The molecule has 0 unspecified atom stereocenters. The summed E-state index contributed by atoms with van der Waals surface area (Å²) in [4.78, 5) is 15.0. The molecule has 0 fully saturated rings. The molecule has 0 radical (unpaired) electrons. The Labute approximate surface area is 120 Å². The van der Waals surface area contributed by atoms with Crippen molar-refractivity contribution in [3.05, 3.63) is 24.5 Å². The van der Waals surface area contributed by atoms with Crippen LogP contribution in [0.15, 0.2) is 34.2 Å². The Bertz CT molecular complexity index is 559. The van der Waals surface area contributed by atoms with Gasteiger partial charge in [0.2, 0.25) is 5.89 Å². The molecule has 0 spiro atoms. The Morgan fingerprint density at radius 2 is 2.15 bits per heavy atom. The van der Waals surface area contributed by atoms with Crippen LogP contribution >= 0.6 is 11.8 Å². The zero-order chi connectivity index (χ0) is 14.4. The number of aromatic nitrogens is 3. The minimum absolute atomic E-state index is 0.238. The van der Waals surface area contributed by atoms with Crippen molar-refractivity contribution in [1.82, 2.24) is 15.2 Å². The number of carboxylic acid groups (broad SMARTS) is 1. The molecule has 0 aromatic carbocycles. The third-order valence-corrected chi connectivity index (χ3v) is 3.74. The molecule has 0 saturated carbocycles. The number of rotatable bonds is 7. The van der Waals surface area contributed by atoms with Crippen LogP contribution in [0.5, 0.6) is 0 Å². The van der Waals surface area contributed by atoms with Gasteiger partial charge < -0.3 is 14.3 Å². The van der Waals surface area contributed by atoms with Crippen LogP contribution in [0.4, 0.5) is 0 Å². The first-order valence-corrected chi connectivity index (χ1v) is 7.20. The third kappa shape index (κ3) is 3.80. The summed E-state index contributed by atoms with van der Waals surface area (Å²) in [5, 5.41) is 18.4. The number of pyridine rings is 1. The Morgan fingerprint density at radius 3 is 2.80 bits per heavy atom. The summed E-state index contributed by atoms with van der Waals surface area (Å²) >= 11 is 1.03. The van der Waals surface area contributed by atoms with Gasteiger partial charge >= 0.3 is 0 Å². The fourth-order valence-corrected chi connectivity index (χ4v) is 2.44. The molecular formula is C13H14N3O3S-. The highest BCUT2D eigenvalue weighted by molar-refractivity contribution is 8.00. The molecule has 6 nitrogen and oxygen atoms in total. The SMILES string of the molecule is CCCC[C@H](Sc1nnc(-c2ccncc2)o1)C(=O)[O-]. The predicted octanol–water partition coefficient (Wildman–Crippen LogP) is 1.53. The Balaban J connectivity index is 2.06. The lowest BCUT2D eigenvalue weighted by Crippen LogP contribution is -2.33. The summed E-state index contributed by atoms with van der Waals surface area (Å²) in [6.45, 7) is 2.01. The van der Waals surface area contributed by atoms with Crippen molar-refractivity contribution in [1.29, 1.82) is 0 Å². The van der Waals surface area contributed by atoms with Gasteiger partial charge in [-0.25, -0.2) is 0 Å². The molecule has 7 heteroatoms. The van der Waals surface area contributed by atoms with Crippen molar-refractivity contribution in [2.24, 2.45) is 0 Å². The van der Waals surface area contributed by atoms with Crippen LogP contribution < -0.4 is 5.11 Å². The molecule has 0 amide bonds. The number of thioether (sulfide) groups is 1. The molecule has 0 aliphatic heterocycles. The number of hydrogen-bond donors (Lipinski definition) is 0. The van der Waals surface area contributed by atoms with Gasteiger partial charge in [0.25, 0.3) is 5.22 Å². The van der Waals surface area contributed by atoms with E-state index in [-0.39, 0.29) is 5.22 Å². The minimum atomic E-state index is -1.10. The largest absolute Gasteiger partial charge is 0.549 e. The molecule has 1 atom stereocenters. The quantitative estimate of drug-likeness (QED) is 0.714. The average Bonchev–Trinajstić information content (AvgIpc) is 2.92. The number of carbonyl (C=O) groups excluding carboxylic acids is 1. The maximum atomic E-state index is 11.1. The van der Waals surface area contributed by atoms with E-state index < -0.39 is 11.2 Å². The van der Waals surface area contributed by atoms with Gasteiger partial charge in [0.1, 0.15) is 0 Å². The van der Waals surface area contributed by atoms with E-state index >= 15 is 0 Å². The minimum Gasteiger partial charge on any atom is -0.549 e. The highest BCUT2D eigenvalue weighted by atomic mass is 32.2. The van der Waals surface area contributed by atoms with Gasteiger partial charge in [-0.1, -0.05) is 31.5 Å². The molecule has 0 bridgehead atoms. The summed E-state index contributed by atoms with van der Waals surface area (Å²) < 4.78 is 5.45. The molecule has 0 N–H and O–H groups in total. The van der Waals surface area contributed by atoms with E-state index in [0.717, 1.165) is 30.2 Å². The average molecular weight is 292 g/mol. The van der Waals surface area contributed by atoms with Crippen LogP contribution in [0.2, 0.25) is 0 Å². The number of hydrogen-bond acceptors (Lipinski definition) is 7. The predicted molar refractivity (Wildman–Crippen MR) is 71.7 cm³/mol. The zero-order valence-corrected chi connectivity index (χ0v) is 11.8. The van der Waals surface area contributed by atoms with Crippen molar-refractivity contribution in [3.8, 4) is 11.5 Å². The van der Waals surface area contributed by atoms with Gasteiger partial charge in [0.15, 0.2) is 0 Å². The molecule has 0 aliphatic rings. The van der Waals surface area contributed by atoms with E-state index in [0.29, 0.717) is 12.3 Å². The van der Waals surface area contributed by atoms with Crippen molar-refractivity contribution >= 4 is 17.7 Å². The standard InChI is InChI=1S/C13H15N3O3S/c1-2-3-4-10(12(17)18)20-13-16-15-11(19-13)9-5-7-14-8-6-9/h5-8,10H,2-4H2,1H3,(H,17,18)/p-1/t10-/m0/s1. The number of nitrogens with zero attached hydrogens (tertiary/aromatic N) is 3. The summed E-state index contributed by atoms with van der Waals surface area (Å²) in [5.41, 5.74) is 0.748. The maximum Gasteiger partial charge on any atom is 0.277 e.